The second-order valence-corrected chi connectivity index (χ2v) is 5.88. The maximum Gasteiger partial charge on any atom is 0.262 e. The van der Waals surface area contributed by atoms with E-state index in [2.05, 4.69) is 27.8 Å². The van der Waals surface area contributed by atoms with Gasteiger partial charge in [-0.15, -0.1) is 10.2 Å². The summed E-state index contributed by atoms with van der Waals surface area (Å²) in [5.41, 5.74) is 1.76. The molecule has 110 valence electrons. The first-order valence-electron chi connectivity index (χ1n) is 6.81. The second-order valence-electron chi connectivity index (χ2n) is 4.81. The number of nitrogens with zero attached hydrogens (tertiary/aromatic N) is 2. The summed E-state index contributed by atoms with van der Waals surface area (Å²) in [5, 5.41) is 16.2. The second kappa shape index (κ2) is 5.69. The number of hydrogen-bond acceptors (Lipinski definition) is 6. The van der Waals surface area contributed by atoms with Crippen molar-refractivity contribution in [2.75, 3.05) is 17.2 Å². The lowest BCUT2D eigenvalue weighted by molar-refractivity contribution is -0.118. The highest BCUT2D eigenvalue weighted by molar-refractivity contribution is 7.15. The summed E-state index contributed by atoms with van der Waals surface area (Å²) in [6, 6.07) is 5.84. The average molecular weight is 304 g/mol. The zero-order valence-electron chi connectivity index (χ0n) is 11.8. The van der Waals surface area contributed by atoms with Crippen LogP contribution in [0.5, 0.6) is 5.75 Å². The number of carbonyl (C=O) groups is 1. The molecular weight excluding hydrogens is 288 g/mol. The van der Waals surface area contributed by atoms with Crippen molar-refractivity contribution in [1.82, 2.24) is 10.2 Å². The molecule has 0 radical (unpaired) electrons. The smallest absolute Gasteiger partial charge is 0.262 e. The van der Waals surface area contributed by atoms with E-state index in [1.54, 1.807) is 11.3 Å². The zero-order valence-corrected chi connectivity index (χ0v) is 12.7. The molecule has 21 heavy (non-hydrogen) atoms. The molecule has 2 N–H and O–H groups in total. The van der Waals surface area contributed by atoms with E-state index in [1.807, 2.05) is 25.1 Å². The Kier molecular flexibility index (Phi) is 3.74. The van der Waals surface area contributed by atoms with Crippen LogP contribution in [0.25, 0.3) is 0 Å². The third-order valence-corrected chi connectivity index (χ3v) is 4.24. The number of rotatable bonds is 4. The Morgan fingerprint density at radius 2 is 2.33 bits per heavy atom. The summed E-state index contributed by atoms with van der Waals surface area (Å²) >= 11 is 1.56. The molecule has 0 saturated heterocycles. The minimum Gasteiger partial charge on any atom is -0.482 e. The van der Waals surface area contributed by atoms with Crippen LogP contribution in [-0.2, 0) is 11.2 Å². The number of anilines is 2. The van der Waals surface area contributed by atoms with Gasteiger partial charge in [0.05, 0.1) is 11.7 Å². The third kappa shape index (κ3) is 2.97. The number of benzene rings is 1. The maximum atomic E-state index is 11.4. The van der Waals surface area contributed by atoms with Crippen LogP contribution in [0.4, 0.5) is 10.8 Å². The Morgan fingerprint density at radius 3 is 3.10 bits per heavy atom. The van der Waals surface area contributed by atoms with Crippen molar-refractivity contribution in [3.8, 4) is 5.75 Å². The van der Waals surface area contributed by atoms with E-state index in [0.717, 1.165) is 22.1 Å². The highest BCUT2D eigenvalue weighted by Gasteiger charge is 2.17. The lowest BCUT2D eigenvalue weighted by atomic mass is 10.1. The largest absolute Gasteiger partial charge is 0.482 e. The number of carbonyl (C=O) groups excluding carboxylic acids is 1. The highest BCUT2D eigenvalue weighted by atomic mass is 32.1. The molecule has 1 aliphatic rings. The van der Waals surface area contributed by atoms with Gasteiger partial charge in [0, 0.05) is 0 Å². The van der Waals surface area contributed by atoms with Gasteiger partial charge in [-0.3, -0.25) is 4.79 Å². The predicted molar refractivity (Wildman–Crippen MR) is 81.9 cm³/mol. The van der Waals surface area contributed by atoms with Gasteiger partial charge >= 0.3 is 0 Å². The number of amides is 1. The maximum absolute atomic E-state index is 11.4. The van der Waals surface area contributed by atoms with E-state index >= 15 is 0 Å². The molecule has 1 aromatic carbocycles. The van der Waals surface area contributed by atoms with Gasteiger partial charge in [0.1, 0.15) is 10.8 Å². The molecule has 3 rings (SSSR count). The van der Waals surface area contributed by atoms with Crippen molar-refractivity contribution in [1.29, 1.82) is 0 Å². The highest BCUT2D eigenvalue weighted by Crippen LogP contribution is 2.31. The first kappa shape index (κ1) is 13.8. The van der Waals surface area contributed by atoms with Crippen molar-refractivity contribution >= 4 is 28.1 Å². The van der Waals surface area contributed by atoms with E-state index < -0.39 is 0 Å². The molecule has 6 nitrogen and oxygen atoms in total. The summed E-state index contributed by atoms with van der Waals surface area (Å²) in [7, 11) is 0. The molecule has 7 heteroatoms. The van der Waals surface area contributed by atoms with Gasteiger partial charge in [0.25, 0.3) is 5.91 Å². The fourth-order valence-corrected chi connectivity index (χ4v) is 2.86. The number of aromatic nitrogens is 2. The summed E-state index contributed by atoms with van der Waals surface area (Å²) < 4.78 is 5.35. The van der Waals surface area contributed by atoms with Crippen molar-refractivity contribution in [3.05, 3.63) is 28.8 Å². The quantitative estimate of drug-likeness (QED) is 0.908. The Morgan fingerprint density at radius 1 is 1.48 bits per heavy atom. The summed E-state index contributed by atoms with van der Waals surface area (Å²) in [4.78, 5) is 11.4. The zero-order chi connectivity index (χ0) is 14.8. The summed E-state index contributed by atoms with van der Waals surface area (Å²) in [6.07, 6.45) is 0.885. The molecule has 0 aliphatic carbocycles. The first-order valence-corrected chi connectivity index (χ1v) is 7.63. The molecule has 1 atom stereocenters. The monoisotopic (exact) mass is 304 g/mol. The van der Waals surface area contributed by atoms with Crippen LogP contribution in [0.15, 0.2) is 18.2 Å². The van der Waals surface area contributed by atoms with E-state index in [0.29, 0.717) is 11.4 Å². The minimum atomic E-state index is -0.128. The van der Waals surface area contributed by atoms with Gasteiger partial charge in [-0.25, -0.2) is 0 Å². The fourth-order valence-electron chi connectivity index (χ4n) is 2.09. The molecule has 2 aromatic rings. The molecule has 1 aliphatic heterocycles. The van der Waals surface area contributed by atoms with Gasteiger partial charge in [0.15, 0.2) is 6.61 Å². The Hall–Kier alpha value is -2.15. The van der Waals surface area contributed by atoms with Gasteiger partial charge in [0.2, 0.25) is 5.13 Å². The number of fused-ring (bicyclic) bond motifs is 1. The first-order chi connectivity index (χ1) is 10.2. The van der Waals surface area contributed by atoms with Crippen LogP contribution in [0.3, 0.4) is 0 Å². The average Bonchev–Trinajstić information content (AvgIpc) is 2.94. The van der Waals surface area contributed by atoms with Crippen LogP contribution in [0.1, 0.15) is 30.5 Å². The van der Waals surface area contributed by atoms with Gasteiger partial charge in [-0.05, 0) is 31.0 Å². The van der Waals surface area contributed by atoms with E-state index in [1.165, 1.54) is 0 Å². The minimum absolute atomic E-state index is 0.0618. The van der Waals surface area contributed by atoms with E-state index in [9.17, 15) is 4.79 Å². The lowest BCUT2D eigenvalue weighted by Crippen LogP contribution is -2.25. The standard InChI is InChI=1S/C14H16N4O2S/c1-3-13-17-18-14(21-13)15-8(2)9-4-5-11-10(6-9)16-12(19)7-20-11/h4-6,8H,3,7H2,1-2H3,(H,15,18)(H,16,19). The molecule has 0 saturated carbocycles. The van der Waals surface area contributed by atoms with E-state index in [-0.39, 0.29) is 18.6 Å². The number of ether oxygens (including phenoxy) is 1. The van der Waals surface area contributed by atoms with Crippen LogP contribution < -0.4 is 15.4 Å². The molecule has 1 amide bonds. The van der Waals surface area contributed by atoms with Crippen LogP contribution in [0, 0.1) is 0 Å². The molecule has 0 fully saturated rings. The number of hydrogen-bond donors (Lipinski definition) is 2. The van der Waals surface area contributed by atoms with Gasteiger partial charge < -0.3 is 15.4 Å². The molecular formula is C14H16N4O2S. The van der Waals surface area contributed by atoms with Crippen molar-refractivity contribution in [2.45, 2.75) is 26.3 Å². The molecule has 0 bridgehead atoms. The molecule has 0 spiro atoms. The summed E-state index contributed by atoms with van der Waals surface area (Å²) in [6.45, 7) is 4.17. The van der Waals surface area contributed by atoms with Crippen molar-refractivity contribution in [3.63, 3.8) is 0 Å². The lowest BCUT2D eigenvalue weighted by Gasteiger charge is -2.20. The Bertz CT molecular complexity index is 671. The normalized spacial score (nSPS) is 14.9. The Balaban J connectivity index is 1.76. The Labute approximate surface area is 126 Å². The number of aryl methyl sites for hydroxylation is 1. The SMILES string of the molecule is CCc1nnc(NC(C)c2ccc3c(c2)NC(=O)CO3)s1. The van der Waals surface area contributed by atoms with Gasteiger partial charge in [-0.1, -0.05) is 24.3 Å². The molecule has 1 aromatic heterocycles. The fraction of sp³-hybridized carbons (Fsp3) is 0.357. The van der Waals surface area contributed by atoms with Crippen LogP contribution >= 0.6 is 11.3 Å². The van der Waals surface area contributed by atoms with Gasteiger partial charge in [-0.2, -0.15) is 0 Å². The topological polar surface area (TPSA) is 76.1 Å². The van der Waals surface area contributed by atoms with Crippen molar-refractivity contribution in [2.24, 2.45) is 0 Å². The third-order valence-electron chi connectivity index (χ3n) is 3.25. The summed E-state index contributed by atoms with van der Waals surface area (Å²) in [5.74, 6) is 0.576. The van der Waals surface area contributed by atoms with E-state index in [4.69, 9.17) is 4.74 Å². The van der Waals surface area contributed by atoms with Crippen LogP contribution in [-0.4, -0.2) is 22.7 Å². The van der Waals surface area contributed by atoms with Crippen molar-refractivity contribution < 1.29 is 9.53 Å². The predicted octanol–water partition coefficient (Wildman–Crippen LogP) is 2.60. The molecule has 2 heterocycles. The van der Waals surface area contributed by atoms with Crippen LogP contribution in [0.2, 0.25) is 0 Å². The molecule has 1 unspecified atom stereocenters. The number of nitrogens with one attached hydrogen (secondary N) is 2.